The van der Waals surface area contributed by atoms with E-state index in [0.717, 1.165) is 16.9 Å². The van der Waals surface area contributed by atoms with E-state index in [-0.39, 0.29) is 30.4 Å². The average molecular weight is 427 g/mol. The van der Waals surface area contributed by atoms with Crippen LogP contribution in [-0.2, 0) is 16.1 Å². The summed E-state index contributed by atoms with van der Waals surface area (Å²) in [6, 6.07) is 14.7. The van der Waals surface area contributed by atoms with Crippen molar-refractivity contribution in [2.45, 2.75) is 25.0 Å². The SMILES string of the molecule is COc1ccc(CNC(=O)CN2C=CN3NC(c4ccc(Cl)cc4)CC3C2=O)cc1. The quantitative estimate of drug-likeness (QED) is 0.742. The van der Waals surface area contributed by atoms with Gasteiger partial charge in [0.15, 0.2) is 0 Å². The molecule has 2 atom stereocenters. The molecule has 0 spiro atoms. The fourth-order valence-corrected chi connectivity index (χ4v) is 3.76. The summed E-state index contributed by atoms with van der Waals surface area (Å²) < 4.78 is 5.13. The van der Waals surface area contributed by atoms with Crippen LogP contribution in [0.3, 0.4) is 0 Å². The molecule has 1 fully saturated rings. The van der Waals surface area contributed by atoms with Crippen molar-refractivity contribution in [2.24, 2.45) is 0 Å². The van der Waals surface area contributed by atoms with Crippen LogP contribution in [0.4, 0.5) is 0 Å². The highest BCUT2D eigenvalue weighted by atomic mass is 35.5. The summed E-state index contributed by atoms with van der Waals surface area (Å²) in [6.07, 6.45) is 4.07. The van der Waals surface area contributed by atoms with Gasteiger partial charge in [-0.25, -0.2) is 5.43 Å². The molecule has 30 heavy (non-hydrogen) atoms. The number of rotatable bonds is 6. The van der Waals surface area contributed by atoms with Crippen molar-refractivity contribution < 1.29 is 14.3 Å². The topological polar surface area (TPSA) is 73.9 Å². The zero-order valence-corrected chi connectivity index (χ0v) is 17.3. The second-order valence-corrected chi connectivity index (χ2v) is 7.72. The zero-order chi connectivity index (χ0) is 21.1. The van der Waals surface area contributed by atoms with Crippen molar-refractivity contribution in [2.75, 3.05) is 13.7 Å². The highest BCUT2D eigenvalue weighted by molar-refractivity contribution is 6.30. The van der Waals surface area contributed by atoms with E-state index in [1.54, 1.807) is 19.5 Å². The van der Waals surface area contributed by atoms with Gasteiger partial charge in [-0.2, -0.15) is 0 Å². The molecule has 0 bridgehead atoms. The summed E-state index contributed by atoms with van der Waals surface area (Å²) in [5.74, 6) is 0.458. The number of carbonyl (C=O) groups excluding carboxylic acids is 2. The number of hydrazine groups is 1. The van der Waals surface area contributed by atoms with Crippen LogP contribution in [0.15, 0.2) is 60.9 Å². The molecule has 2 aliphatic heterocycles. The summed E-state index contributed by atoms with van der Waals surface area (Å²) in [4.78, 5) is 26.7. The Bertz CT molecular complexity index is 946. The zero-order valence-electron chi connectivity index (χ0n) is 16.5. The highest BCUT2D eigenvalue weighted by Crippen LogP contribution is 2.31. The summed E-state index contributed by atoms with van der Waals surface area (Å²) in [6.45, 7) is 0.381. The van der Waals surface area contributed by atoms with Gasteiger partial charge < -0.3 is 20.0 Å². The molecule has 0 saturated carbocycles. The molecule has 2 aliphatic rings. The lowest BCUT2D eigenvalue weighted by molar-refractivity contribution is -0.138. The highest BCUT2D eigenvalue weighted by Gasteiger charge is 2.40. The van der Waals surface area contributed by atoms with E-state index in [4.69, 9.17) is 16.3 Å². The molecule has 1 saturated heterocycles. The lowest BCUT2D eigenvalue weighted by atomic mass is 10.0. The van der Waals surface area contributed by atoms with Gasteiger partial charge >= 0.3 is 0 Å². The van der Waals surface area contributed by atoms with Gasteiger partial charge in [-0.05, 0) is 41.8 Å². The number of amides is 2. The average Bonchev–Trinajstić information content (AvgIpc) is 3.20. The molecule has 2 unspecified atom stereocenters. The van der Waals surface area contributed by atoms with Crippen molar-refractivity contribution in [3.8, 4) is 5.75 Å². The predicted molar refractivity (Wildman–Crippen MR) is 113 cm³/mol. The minimum absolute atomic E-state index is 0.0125. The summed E-state index contributed by atoms with van der Waals surface area (Å²) >= 11 is 5.96. The van der Waals surface area contributed by atoms with Crippen molar-refractivity contribution in [1.82, 2.24) is 20.7 Å². The van der Waals surface area contributed by atoms with Crippen molar-refractivity contribution >= 4 is 23.4 Å². The van der Waals surface area contributed by atoms with Crippen LogP contribution in [-0.4, -0.2) is 41.4 Å². The number of ether oxygens (including phenoxy) is 1. The molecule has 7 nitrogen and oxygen atoms in total. The molecular formula is C22H23ClN4O3. The Labute approximate surface area is 180 Å². The molecule has 2 aromatic rings. The van der Waals surface area contributed by atoms with Crippen LogP contribution >= 0.6 is 11.6 Å². The molecule has 0 aromatic heterocycles. The van der Waals surface area contributed by atoms with Crippen LogP contribution in [0.1, 0.15) is 23.6 Å². The van der Waals surface area contributed by atoms with Crippen molar-refractivity contribution in [3.05, 3.63) is 77.1 Å². The van der Waals surface area contributed by atoms with Crippen molar-refractivity contribution in [1.29, 1.82) is 0 Å². The minimum Gasteiger partial charge on any atom is -0.497 e. The molecule has 0 radical (unpaired) electrons. The van der Waals surface area contributed by atoms with Crippen molar-refractivity contribution in [3.63, 3.8) is 0 Å². The number of benzene rings is 2. The number of methoxy groups -OCH3 is 1. The van der Waals surface area contributed by atoms with Crippen LogP contribution in [0.2, 0.25) is 5.02 Å². The van der Waals surface area contributed by atoms with E-state index >= 15 is 0 Å². The number of nitrogens with one attached hydrogen (secondary N) is 2. The lowest BCUT2D eigenvalue weighted by Gasteiger charge is -2.31. The Hall–Kier alpha value is -3.03. The first-order valence-corrected chi connectivity index (χ1v) is 10.1. The molecule has 8 heteroatoms. The number of halogens is 1. The summed E-state index contributed by atoms with van der Waals surface area (Å²) in [5.41, 5.74) is 5.36. The first-order chi connectivity index (χ1) is 14.5. The Balaban J connectivity index is 1.32. The number of fused-ring (bicyclic) bond motifs is 1. The maximum atomic E-state index is 12.9. The lowest BCUT2D eigenvalue weighted by Crippen LogP contribution is -2.50. The molecule has 4 rings (SSSR count). The fourth-order valence-electron chi connectivity index (χ4n) is 3.63. The van der Waals surface area contributed by atoms with E-state index in [1.807, 2.05) is 53.5 Å². The third-order valence-electron chi connectivity index (χ3n) is 5.31. The van der Waals surface area contributed by atoms with E-state index in [0.29, 0.717) is 18.0 Å². The molecule has 2 aromatic carbocycles. The van der Waals surface area contributed by atoms with Crippen LogP contribution in [0.5, 0.6) is 5.75 Å². The maximum absolute atomic E-state index is 12.9. The standard InChI is InChI=1S/C22H23ClN4O3/c1-30-18-8-2-15(3-9-18)13-24-21(28)14-26-10-11-27-20(22(26)29)12-19(25-27)16-4-6-17(23)7-5-16/h2-11,19-20,25H,12-14H2,1H3,(H,24,28). The molecule has 0 aliphatic carbocycles. The second kappa shape index (κ2) is 8.77. The first kappa shape index (κ1) is 20.3. The van der Waals surface area contributed by atoms with E-state index in [2.05, 4.69) is 10.7 Å². The van der Waals surface area contributed by atoms with Gasteiger partial charge in [0.1, 0.15) is 18.3 Å². The van der Waals surface area contributed by atoms with Gasteiger partial charge in [-0.15, -0.1) is 0 Å². The van der Waals surface area contributed by atoms with Crippen LogP contribution in [0, 0.1) is 0 Å². The van der Waals surface area contributed by atoms with Gasteiger partial charge in [-0.3, -0.25) is 9.59 Å². The minimum atomic E-state index is -0.343. The van der Waals surface area contributed by atoms with E-state index in [1.165, 1.54) is 4.90 Å². The number of hydrogen-bond acceptors (Lipinski definition) is 5. The fraction of sp³-hybridized carbons (Fsp3) is 0.273. The molecular weight excluding hydrogens is 404 g/mol. The Morgan fingerprint density at radius 2 is 1.90 bits per heavy atom. The first-order valence-electron chi connectivity index (χ1n) is 9.72. The molecule has 156 valence electrons. The smallest absolute Gasteiger partial charge is 0.251 e. The summed E-state index contributed by atoms with van der Waals surface area (Å²) in [5, 5.41) is 5.35. The number of hydrogen-bond donors (Lipinski definition) is 2. The van der Waals surface area contributed by atoms with Crippen LogP contribution < -0.4 is 15.5 Å². The summed E-state index contributed by atoms with van der Waals surface area (Å²) in [7, 11) is 1.61. The molecule has 2 amide bonds. The van der Waals surface area contributed by atoms with Gasteiger partial charge in [-0.1, -0.05) is 35.9 Å². The largest absolute Gasteiger partial charge is 0.497 e. The number of carbonyl (C=O) groups is 2. The van der Waals surface area contributed by atoms with E-state index in [9.17, 15) is 9.59 Å². The van der Waals surface area contributed by atoms with Gasteiger partial charge in [0, 0.05) is 24.0 Å². The third-order valence-corrected chi connectivity index (χ3v) is 5.56. The van der Waals surface area contributed by atoms with Gasteiger partial charge in [0.25, 0.3) is 5.91 Å². The second-order valence-electron chi connectivity index (χ2n) is 7.28. The monoisotopic (exact) mass is 426 g/mol. The maximum Gasteiger partial charge on any atom is 0.251 e. The Morgan fingerprint density at radius 1 is 1.17 bits per heavy atom. The predicted octanol–water partition coefficient (Wildman–Crippen LogP) is 2.60. The number of nitrogens with zero attached hydrogens (tertiary/aromatic N) is 2. The Morgan fingerprint density at radius 3 is 2.60 bits per heavy atom. The van der Waals surface area contributed by atoms with Gasteiger partial charge in [0.2, 0.25) is 5.91 Å². The third kappa shape index (κ3) is 4.42. The van der Waals surface area contributed by atoms with E-state index < -0.39 is 0 Å². The van der Waals surface area contributed by atoms with Crippen LogP contribution in [0.25, 0.3) is 0 Å². The normalized spacial score (nSPS) is 20.3. The van der Waals surface area contributed by atoms with Gasteiger partial charge in [0.05, 0.1) is 13.2 Å². The molecule has 2 N–H and O–H groups in total. The molecule has 2 heterocycles. The Kier molecular flexibility index (Phi) is 5.92.